The van der Waals surface area contributed by atoms with E-state index in [1.165, 1.54) is 12.0 Å². The smallest absolute Gasteiger partial charge is 0.325 e. The normalized spacial score (nSPS) is 10.6. The van der Waals surface area contributed by atoms with Crippen molar-refractivity contribution in [2.24, 2.45) is 0 Å². The molecule has 5 heteroatoms. The van der Waals surface area contributed by atoms with E-state index in [2.05, 4.69) is 4.74 Å². The number of aryl methyl sites for hydroxylation is 1. The van der Waals surface area contributed by atoms with Crippen LogP contribution in [0.3, 0.4) is 0 Å². The molecular weight excluding hydrogens is 256 g/mol. The summed E-state index contributed by atoms with van der Waals surface area (Å²) in [5.41, 5.74) is 2.04. The number of hydrogen-bond acceptors (Lipinski definition) is 3. The highest BCUT2D eigenvalue weighted by molar-refractivity contribution is 5.85. The molecule has 0 atom stereocenters. The first-order valence-corrected chi connectivity index (χ1v) is 6.38. The van der Waals surface area contributed by atoms with Crippen LogP contribution in [0.15, 0.2) is 30.3 Å². The fourth-order valence-electron chi connectivity index (χ4n) is 2.16. The zero-order chi connectivity index (χ0) is 14.7. The molecule has 1 amide bonds. The van der Waals surface area contributed by atoms with Crippen LogP contribution in [-0.4, -0.2) is 42.0 Å². The number of amides is 1. The van der Waals surface area contributed by atoms with Gasteiger partial charge in [-0.3, -0.25) is 9.59 Å². The Morgan fingerprint density at radius 1 is 1.30 bits per heavy atom. The zero-order valence-corrected chi connectivity index (χ0v) is 11.9. The number of benzene rings is 1. The predicted octanol–water partition coefficient (Wildman–Crippen LogP) is 1.58. The van der Waals surface area contributed by atoms with Gasteiger partial charge in [0.25, 0.3) is 0 Å². The largest absolute Gasteiger partial charge is 0.468 e. The van der Waals surface area contributed by atoms with E-state index < -0.39 is 5.97 Å². The van der Waals surface area contributed by atoms with Gasteiger partial charge in [-0.1, -0.05) is 18.2 Å². The first-order valence-electron chi connectivity index (χ1n) is 6.38. The number of hydrogen-bond donors (Lipinski definition) is 0. The summed E-state index contributed by atoms with van der Waals surface area (Å²) in [6.07, 6.45) is 0. The van der Waals surface area contributed by atoms with Crippen LogP contribution in [0, 0.1) is 6.92 Å². The van der Waals surface area contributed by atoms with E-state index in [-0.39, 0.29) is 19.0 Å². The van der Waals surface area contributed by atoms with E-state index >= 15 is 0 Å². The lowest BCUT2D eigenvalue weighted by molar-refractivity contribution is -0.146. The van der Waals surface area contributed by atoms with Crippen LogP contribution in [-0.2, 0) is 20.9 Å². The Morgan fingerprint density at radius 2 is 2.00 bits per heavy atom. The lowest BCUT2D eigenvalue weighted by Crippen LogP contribution is -2.35. The van der Waals surface area contributed by atoms with Crippen LogP contribution in [0.5, 0.6) is 0 Å². The number of esters is 1. The van der Waals surface area contributed by atoms with Crippen LogP contribution >= 0.6 is 0 Å². The lowest BCUT2D eigenvalue weighted by Gasteiger charge is -2.17. The summed E-state index contributed by atoms with van der Waals surface area (Å²) >= 11 is 0. The average molecular weight is 274 g/mol. The minimum atomic E-state index is -0.421. The molecule has 1 aromatic carbocycles. The molecule has 0 saturated carbocycles. The van der Waals surface area contributed by atoms with Gasteiger partial charge in [-0.2, -0.15) is 0 Å². The Morgan fingerprint density at radius 3 is 2.70 bits per heavy atom. The van der Waals surface area contributed by atoms with Crippen molar-refractivity contribution >= 4 is 22.8 Å². The molecule has 0 bridgehead atoms. The summed E-state index contributed by atoms with van der Waals surface area (Å²) < 4.78 is 6.51. The number of carbonyl (C=O) groups is 2. The van der Waals surface area contributed by atoms with Crippen molar-refractivity contribution in [3.63, 3.8) is 0 Å². The highest BCUT2D eigenvalue weighted by atomic mass is 16.5. The Kier molecular flexibility index (Phi) is 4.08. The monoisotopic (exact) mass is 274 g/mol. The van der Waals surface area contributed by atoms with Crippen LogP contribution < -0.4 is 0 Å². The molecule has 0 radical (unpaired) electrons. The highest BCUT2D eigenvalue weighted by Gasteiger charge is 2.15. The third-order valence-corrected chi connectivity index (χ3v) is 3.33. The van der Waals surface area contributed by atoms with Crippen molar-refractivity contribution in [3.8, 4) is 0 Å². The highest BCUT2D eigenvalue weighted by Crippen LogP contribution is 2.19. The summed E-state index contributed by atoms with van der Waals surface area (Å²) in [7, 11) is 2.91. The first kappa shape index (κ1) is 14.1. The van der Waals surface area contributed by atoms with Crippen molar-refractivity contribution in [1.29, 1.82) is 0 Å². The topological polar surface area (TPSA) is 51.5 Å². The molecule has 1 heterocycles. The maximum Gasteiger partial charge on any atom is 0.325 e. The predicted molar refractivity (Wildman–Crippen MR) is 76.3 cm³/mol. The van der Waals surface area contributed by atoms with Gasteiger partial charge in [-0.25, -0.2) is 0 Å². The van der Waals surface area contributed by atoms with Gasteiger partial charge in [-0.15, -0.1) is 0 Å². The summed E-state index contributed by atoms with van der Waals surface area (Å²) in [6.45, 7) is 2.15. The molecule has 0 spiro atoms. The molecule has 1 aromatic heterocycles. The van der Waals surface area contributed by atoms with E-state index in [9.17, 15) is 9.59 Å². The van der Waals surface area contributed by atoms with Gasteiger partial charge in [-0.05, 0) is 24.4 Å². The van der Waals surface area contributed by atoms with Crippen molar-refractivity contribution in [2.45, 2.75) is 13.5 Å². The SMILES string of the molecule is COC(=O)CN(C)C(=O)Cn1c(C)cc2ccccc21. The molecule has 0 unspecified atom stereocenters. The summed E-state index contributed by atoms with van der Waals surface area (Å²) in [6, 6.07) is 9.96. The van der Waals surface area contributed by atoms with Gasteiger partial charge in [0.05, 0.1) is 7.11 Å². The summed E-state index contributed by atoms with van der Waals surface area (Å²) in [5, 5.41) is 1.11. The van der Waals surface area contributed by atoms with Gasteiger partial charge in [0, 0.05) is 18.3 Å². The molecule has 2 rings (SSSR count). The quantitative estimate of drug-likeness (QED) is 0.795. The number of carbonyl (C=O) groups excluding carboxylic acids is 2. The number of rotatable bonds is 4. The molecule has 20 heavy (non-hydrogen) atoms. The summed E-state index contributed by atoms with van der Waals surface area (Å²) in [4.78, 5) is 24.7. The molecule has 0 aliphatic carbocycles. The standard InChI is InChI=1S/C15H18N2O3/c1-11-8-12-6-4-5-7-13(12)17(11)9-14(18)16(2)10-15(19)20-3/h4-8H,9-10H2,1-3H3. The van der Waals surface area contributed by atoms with Crippen molar-refractivity contribution in [3.05, 3.63) is 36.0 Å². The maximum absolute atomic E-state index is 12.2. The fraction of sp³-hybridized carbons (Fsp3) is 0.333. The average Bonchev–Trinajstić information content (AvgIpc) is 2.75. The Bertz CT molecular complexity index is 646. The maximum atomic E-state index is 12.2. The minimum absolute atomic E-state index is 0.0341. The Labute approximate surface area is 117 Å². The summed E-state index contributed by atoms with van der Waals surface area (Å²) in [5.74, 6) is -0.546. The molecule has 0 N–H and O–H groups in total. The van der Waals surface area contributed by atoms with E-state index in [1.807, 2.05) is 41.8 Å². The number of methoxy groups -OCH3 is 1. The Hall–Kier alpha value is -2.30. The number of para-hydroxylation sites is 1. The van der Waals surface area contributed by atoms with Gasteiger partial charge >= 0.3 is 5.97 Å². The molecule has 0 saturated heterocycles. The van der Waals surface area contributed by atoms with E-state index in [0.29, 0.717) is 0 Å². The van der Waals surface area contributed by atoms with Crippen LogP contribution in [0.4, 0.5) is 0 Å². The van der Waals surface area contributed by atoms with Crippen LogP contribution in [0.1, 0.15) is 5.69 Å². The van der Waals surface area contributed by atoms with Gasteiger partial charge in [0.2, 0.25) is 5.91 Å². The second-order valence-electron chi connectivity index (χ2n) is 4.76. The number of likely N-dealkylation sites (N-methyl/N-ethyl adjacent to an activating group) is 1. The van der Waals surface area contributed by atoms with Crippen molar-refractivity contribution < 1.29 is 14.3 Å². The second kappa shape index (κ2) is 5.77. The molecule has 5 nitrogen and oxygen atoms in total. The molecule has 0 fully saturated rings. The Balaban J connectivity index is 2.17. The fourth-order valence-corrected chi connectivity index (χ4v) is 2.16. The molecule has 0 aliphatic heterocycles. The van der Waals surface area contributed by atoms with Gasteiger partial charge in [0.1, 0.15) is 13.1 Å². The van der Waals surface area contributed by atoms with Crippen LogP contribution in [0.2, 0.25) is 0 Å². The molecule has 0 aliphatic rings. The van der Waals surface area contributed by atoms with Crippen LogP contribution in [0.25, 0.3) is 10.9 Å². The first-order chi connectivity index (χ1) is 9.52. The van der Waals surface area contributed by atoms with E-state index in [1.54, 1.807) is 7.05 Å². The molecule has 2 aromatic rings. The van der Waals surface area contributed by atoms with Crippen molar-refractivity contribution in [1.82, 2.24) is 9.47 Å². The zero-order valence-electron chi connectivity index (χ0n) is 11.9. The number of fused-ring (bicyclic) bond motifs is 1. The third-order valence-electron chi connectivity index (χ3n) is 3.33. The molecule has 106 valence electrons. The van der Waals surface area contributed by atoms with Gasteiger partial charge in [0.15, 0.2) is 0 Å². The van der Waals surface area contributed by atoms with E-state index in [0.717, 1.165) is 16.6 Å². The van der Waals surface area contributed by atoms with E-state index in [4.69, 9.17) is 0 Å². The second-order valence-corrected chi connectivity index (χ2v) is 4.76. The number of ether oxygens (including phenoxy) is 1. The number of nitrogens with zero attached hydrogens (tertiary/aromatic N) is 2. The van der Waals surface area contributed by atoms with Crippen molar-refractivity contribution in [2.75, 3.05) is 20.7 Å². The number of aromatic nitrogens is 1. The van der Waals surface area contributed by atoms with Gasteiger partial charge < -0.3 is 14.2 Å². The minimum Gasteiger partial charge on any atom is -0.468 e. The lowest BCUT2D eigenvalue weighted by atomic mass is 10.2. The third kappa shape index (κ3) is 2.82. The molecular formula is C15H18N2O3.